The maximum absolute atomic E-state index is 11.7. The molecule has 1 aromatic carbocycles. The van der Waals surface area contributed by atoms with Crippen LogP contribution in [0.4, 0.5) is 0 Å². The first-order valence-electron chi connectivity index (χ1n) is 5.83. The minimum Gasteiger partial charge on any atom is -0.496 e. The molecule has 1 aromatic rings. The van der Waals surface area contributed by atoms with Crippen molar-refractivity contribution in [2.75, 3.05) is 20.8 Å². The standard InChI is InChI=1S/C13H20N2O3/c1-17-8-7-11(14)13(16)15-9-10-5-3-4-6-12(10)18-2/h3-6,11H,7-9,14H2,1-2H3,(H,15,16). The molecule has 3 N–H and O–H groups in total. The Hall–Kier alpha value is -1.59. The fourth-order valence-electron chi connectivity index (χ4n) is 1.54. The molecule has 0 fully saturated rings. The minimum absolute atomic E-state index is 0.182. The topological polar surface area (TPSA) is 73.6 Å². The Morgan fingerprint density at radius 1 is 1.39 bits per heavy atom. The number of hydrogen-bond donors (Lipinski definition) is 2. The van der Waals surface area contributed by atoms with Gasteiger partial charge >= 0.3 is 0 Å². The zero-order chi connectivity index (χ0) is 13.4. The van der Waals surface area contributed by atoms with Crippen molar-refractivity contribution in [2.24, 2.45) is 5.73 Å². The van der Waals surface area contributed by atoms with Gasteiger partial charge in [0, 0.05) is 25.8 Å². The van der Waals surface area contributed by atoms with Crippen molar-refractivity contribution in [3.63, 3.8) is 0 Å². The van der Waals surface area contributed by atoms with Crippen LogP contribution in [-0.2, 0) is 16.1 Å². The van der Waals surface area contributed by atoms with Crippen LogP contribution in [0.1, 0.15) is 12.0 Å². The monoisotopic (exact) mass is 252 g/mol. The van der Waals surface area contributed by atoms with Crippen LogP contribution in [0.2, 0.25) is 0 Å². The van der Waals surface area contributed by atoms with E-state index in [1.165, 1.54) is 0 Å². The maximum Gasteiger partial charge on any atom is 0.237 e. The number of ether oxygens (including phenoxy) is 2. The van der Waals surface area contributed by atoms with Gasteiger partial charge in [-0.2, -0.15) is 0 Å². The highest BCUT2D eigenvalue weighted by molar-refractivity contribution is 5.81. The average Bonchev–Trinajstić information content (AvgIpc) is 2.42. The van der Waals surface area contributed by atoms with Crippen molar-refractivity contribution < 1.29 is 14.3 Å². The second-order valence-corrected chi connectivity index (χ2v) is 3.92. The highest BCUT2D eigenvalue weighted by atomic mass is 16.5. The van der Waals surface area contributed by atoms with Gasteiger partial charge in [-0.3, -0.25) is 4.79 Å². The van der Waals surface area contributed by atoms with Gasteiger partial charge in [0.15, 0.2) is 0 Å². The van der Waals surface area contributed by atoms with Gasteiger partial charge in [-0.1, -0.05) is 18.2 Å². The number of carbonyl (C=O) groups is 1. The van der Waals surface area contributed by atoms with Crippen molar-refractivity contribution in [2.45, 2.75) is 19.0 Å². The summed E-state index contributed by atoms with van der Waals surface area (Å²) in [4.78, 5) is 11.7. The largest absolute Gasteiger partial charge is 0.496 e. The molecule has 1 unspecified atom stereocenters. The van der Waals surface area contributed by atoms with Gasteiger partial charge in [0.1, 0.15) is 5.75 Å². The van der Waals surface area contributed by atoms with E-state index < -0.39 is 6.04 Å². The van der Waals surface area contributed by atoms with E-state index in [1.54, 1.807) is 14.2 Å². The molecule has 0 bridgehead atoms. The third-order valence-corrected chi connectivity index (χ3v) is 2.62. The summed E-state index contributed by atoms with van der Waals surface area (Å²) in [7, 11) is 3.18. The number of benzene rings is 1. The van der Waals surface area contributed by atoms with Crippen molar-refractivity contribution in [3.8, 4) is 5.75 Å². The number of nitrogens with two attached hydrogens (primary N) is 1. The van der Waals surface area contributed by atoms with Crippen LogP contribution in [-0.4, -0.2) is 32.8 Å². The van der Waals surface area contributed by atoms with E-state index in [0.717, 1.165) is 11.3 Å². The number of carbonyl (C=O) groups excluding carboxylic acids is 1. The van der Waals surface area contributed by atoms with Crippen LogP contribution in [0.3, 0.4) is 0 Å². The van der Waals surface area contributed by atoms with E-state index in [0.29, 0.717) is 19.6 Å². The highest BCUT2D eigenvalue weighted by Crippen LogP contribution is 2.16. The second-order valence-electron chi connectivity index (χ2n) is 3.92. The summed E-state index contributed by atoms with van der Waals surface area (Å²) in [6.07, 6.45) is 0.508. The van der Waals surface area contributed by atoms with Gasteiger partial charge in [-0.05, 0) is 12.5 Å². The van der Waals surface area contributed by atoms with Crippen LogP contribution in [0.15, 0.2) is 24.3 Å². The first kappa shape index (κ1) is 14.5. The number of para-hydroxylation sites is 1. The van der Waals surface area contributed by atoms with E-state index in [4.69, 9.17) is 15.2 Å². The lowest BCUT2D eigenvalue weighted by molar-refractivity contribution is -0.122. The molecule has 0 heterocycles. The lowest BCUT2D eigenvalue weighted by Crippen LogP contribution is -2.40. The van der Waals surface area contributed by atoms with E-state index in [2.05, 4.69) is 5.32 Å². The van der Waals surface area contributed by atoms with Crippen LogP contribution < -0.4 is 15.8 Å². The molecule has 1 rings (SSSR count). The SMILES string of the molecule is COCCC(N)C(=O)NCc1ccccc1OC. The van der Waals surface area contributed by atoms with Gasteiger partial charge < -0.3 is 20.5 Å². The lowest BCUT2D eigenvalue weighted by Gasteiger charge is -2.13. The first-order chi connectivity index (χ1) is 8.69. The molecular formula is C13H20N2O3. The summed E-state index contributed by atoms with van der Waals surface area (Å²) in [5.74, 6) is 0.571. The van der Waals surface area contributed by atoms with E-state index in [1.807, 2.05) is 24.3 Å². The third kappa shape index (κ3) is 4.35. The number of amides is 1. The van der Waals surface area contributed by atoms with Crippen molar-refractivity contribution in [1.29, 1.82) is 0 Å². The molecule has 0 radical (unpaired) electrons. The van der Waals surface area contributed by atoms with Gasteiger partial charge in [-0.25, -0.2) is 0 Å². The smallest absolute Gasteiger partial charge is 0.237 e. The fraction of sp³-hybridized carbons (Fsp3) is 0.462. The molecule has 0 saturated carbocycles. The summed E-state index contributed by atoms with van der Waals surface area (Å²) < 4.78 is 10.1. The Morgan fingerprint density at radius 2 is 2.11 bits per heavy atom. The second kappa shape index (κ2) is 7.68. The summed E-state index contributed by atoms with van der Waals surface area (Å²) in [6.45, 7) is 0.882. The molecule has 1 atom stereocenters. The predicted molar refractivity (Wildman–Crippen MR) is 69.3 cm³/mol. The molecule has 0 spiro atoms. The Balaban J connectivity index is 2.46. The number of rotatable bonds is 7. The average molecular weight is 252 g/mol. The Morgan fingerprint density at radius 3 is 2.78 bits per heavy atom. The third-order valence-electron chi connectivity index (χ3n) is 2.62. The van der Waals surface area contributed by atoms with Gasteiger partial charge in [0.05, 0.1) is 13.2 Å². The van der Waals surface area contributed by atoms with Crippen molar-refractivity contribution in [3.05, 3.63) is 29.8 Å². The molecule has 0 aliphatic carbocycles. The summed E-state index contributed by atoms with van der Waals surface area (Å²) in [5.41, 5.74) is 6.64. The van der Waals surface area contributed by atoms with Crippen LogP contribution in [0.25, 0.3) is 0 Å². The van der Waals surface area contributed by atoms with Gasteiger partial charge in [0.25, 0.3) is 0 Å². The molecule has 100 valence electrons. The number of nitrogens with one attached hydrogen (secondary N) is 1. The molecule has 18 heavy (non-hydrogen) atoms. The lowest BCUT2D eigenvalue weighted by atomic mass is 10.2. The zero-order valence-electron chi connectivity index (χ0n) is 10.8. The maximum atomic E-state index is 11.7. The predicted octanol–water partition coefficient (Wildman–Crippen LogP) is 0.675. The van der Waals surface area contributed by atoms with Crippen molar-refractivity contribution >= 4 is 5.91 Å². The van der Waals surface area contributed by atoms with Crippen LogP contribution >= 0.6 is 0 Å². The van der Waals surface area contributed by atoms with Crippen molar-refractivity contribution in [1.82, 2.24) is 5.32 Å². The summed E-state index contributed by atoms with van der Waals surface area (Å²) >= 11 is 0. The summed E-state index contributed by atoms with van der Waals surface area (Å²) in [5, 5.41) is 2.78. The van der Waals surface area contributed by atoms with Gasteiger partial charge in [-0.15, -0.1) is 0 Å². The Kier molecular flexibility index (Phi) is 6.18. The normalized spacial score (nSPS) is 11.9. The zero-order valence-corrected chi connectivity index (χ0v) is 10.8. The molecule has 0 aliphatic rings. The molecule has 5 heteroatoms. The van der Waals surface area contributed by atoms with E-state index in [9.17, 15) is 4.79 Å². The van der Waals surface area contributed by atoms with E-state index >= 15 is 0 Å². The summed E-state index contributed by atoms with van der Waals surface area (Å²) in [6, 6.07) is 7.00. The number of hydrogen-bond acceptors (Lipinski definition) is 4. The number of methoxy groups -OCH3 is 2. The molecule has 0 aliphatic heterocycles. The highest BCUT2D eigenvalue weighted by Gasteiger charge is 2.13. The molecule has 0 aromatic heterocycles. The minimum atomic E-state index is -0.542. The van der Waals surface area contributed by atoms with E-state index in [-0.39, 0.29) is 5.91 Å². The fourth-order valence-corrected chi connectivity index (χ4v) is 1.54. The first-order valence-corrected chi connectivity index (χ1v) is 5.83. The van der Waals surface area contributed by atoms with Crippen LogP contribution in [0.5, 0.6) is 5.75 Å². The molecule has 0 saturated heterocycles. The Labute approximate surface area is 107 Å². The molecule has 1 amide bonds. The molecule has 5 nitrogen and oxygen atoms in total. The quantitative estimate of drug-likeness (QED) is 0.748. The Bertz CT molecular complexity index is 382. The molecular weight excluding hydrogens is 232 g/mol. The van der Waals surface area contributed by atoms with Crippen LogP contribution in [0, 0.1) is 0 Å². The van der Waals surface area contributed by atoms with Gasteiger partial charge in [0.2, 0.25) is 5.91 Å².